The molecule has 0 saturated heterocycles. The first kappa shape index (κ1) is 12.3. The summed E-state index contributed by atoms with van der Waals surface area (Å²) in [5.41, 5.74) is 4.68. The van der Waals surface area contributed by atoms with E-state index in [1.54, 1.807) is 13.0 Å². The van der Waals surface area contributed by atoms with E-state index in [0.29, 0.717) is 17.5 Å². The third-order valence-corrected chi connectivity index (χ3v) is 2.52. The van der Waals surface area contributed by atoms with Gasteiger partial charge in [-0.1, -0.05) is 12.1 Å². The summed E-state index contributed by atoms with van der Waals surface area (Å²) in [4.78, 5) is 8.33. The topological polar surface area (TPSA) is 73.1 Å². The highest BCUT2D eigenvalue weighted by molar-refractivity contribution is 5.42. The second-order valence-electron chi connectivity index (χ2n) is 4.15. The van der Waals surface area contributed by atoms with E-state index in [1.165, 1.54) is 0 Å². The number of aromatic nitrogens is 2. The number of hydrogen-bond acceptors (Lipinski definition) is 5. The van der Waals surface area contributed by atoms with E-state index in [4.69, 9.17) is 10.6 Å². The van der Waals surface area contributed by atoms with Gasteiger partial charge in [0.05, 0.1) is 0 Å². The highest BCUT2D eigenvalue weighted by Gasteiger charge is 2.06. The Balaban J connectivity index is 2.33. The van der Waals surface area contributed by atoms with Gasteiger partial charge in [-0.25, -0.2) is 10.8 Å². The molecule has 1 aromatic heterocycles. The van der Waals surface area contributed by atoms with Crippen molar-refractivity contribution in [2.24, 2.45) is 5.84 Å². The number of nitrogens with zero attached hydrogens (tertiary/aromatic N) is 2. The van der Waals surface area contributed by atoms with Gasteiger partial charge in [0.15, 0.2) is 0 Å². The summed E-state index contributed by atoms with van der Waals surface area (Å²) in [6.45, 7) is 5.80. The van der Waals surface area contributed by atoms with Crippen LogP contribution in [0, 0.1) is 20.8 Å². The van der Waals surface area contributed by atoms with Crippen LogP contribution in [0.1, 0.15) is 17.0 Å². The van der Waals surface area contributed by atoms with E-state index < -0.39 is 0 Å². The van der Waals surface area contributed by atoms with Crippen molar-refractivity contribution >= 4 is 5.82 Å². The number of aryl methyl sites for hydroxylation is 3. The van der Waals surface area contributed by atoms with Crippen LogP contribution in [-0.2, 0) is 0 Å². The van der Waals surface area contributed by atoms with Gasteiger partial charge < -0.3 is 10.2 Å². The second-order valence-corrected chi connectivity index (χ2v) is 4.15. The van der Waals surface area contributed by atoms with Gasteiger partial charge in [-0.3, -0.25) is 0 Å². The molecule has 2 rings (SSSR count). The third kappa shape index (κ3) is 2.75. The molecule has 0 aliphatic heterocycles. The molecular formula is C13H16N4O. The Morgan fingerprint density at radius 2 is 1.89 bits per heavy atom. The van der Waals surface area contributed by atoms with Crippen molar-refractivity contribution in [1.29, 1.82) is 0 Å². The molecule has 0 radical (unpaired) electrons. The Kier molecular flexibility index (Phi) is 3.43. The number of nitrogen functional groups attached to an aromatic ring is 1. The zero-order valence-corrected chi connectivity index (χ0v) is 10.7. The number of nitrogens with two attached hydrogens (primary N) is 1. The predicted octanol–water partition coefficient (Wildman–Crippen LogP) is 2.48. The smallest absolute Gasteiger partial charge is 0.224 e. The molecule has 0 aliphatic rings. The highest BCUT2D eigenvalue weighted by atomic mass is 16.5. The van der Waals surface area contributed by atoms with Crippen molar-refractivity contribution < 1.29 is 4.74 Å². The summed E-state index contributed by atoms with van der Waals surface area (Å²) in [5, 5.41) is 0. The van der Waals surface area contributed by atoms with Crippen LogP contribution in [-0.4, -0.2) is 9.97 Å². The molecule has 1 heterocycles. The van der Waals surface area contributed by atoms with E-state index in [9.17, 15) is 0 Å². The van der Waals surface area contributed by atoms with Gasteiger partial charge in [-0.05, 0) is 38.0 Å². The fraction of sp³-hybridized carbons (Fsp3) is 0.231. The average molecular weight is 244 g/mol. The molecule has 5 nitrogen and oxygen atoms in total. The monoisotopic (exact) mass is 244 g/mol. The number of benzene rings is 1. The first-order valence-corrected chi connectivity index (χ1v) is 5.66. The van der Waals surface area contributed by atoms with Crippen LogP contribution >= 0.6 is 0 Å². The molecule has 0 amide bonds. The van der Waals surface area contributed by atoms with Crippen molar-refractivity contribution in [3.63, 3.8) is 0 Å². The van der Waals surface area contributed by atoms with E-state index in [1.807, 2.05) is 32.0 Å². The Morgan fingerprint density at radius 1 is 1.11 bits per heavy atom. The summed E-state index contributed by atoms with van der Waals surface area (Å²) in [5.74, 6) is 7.74. The van der Waals surface area contributed by atoms with Gasteiger partial charge in [0.2, 0.25) is 5.88 Å². The van der Waals surface area contributed by atoms with Crippen LogP contribution in [0.25, 0.3) is 0 Å². The lowest BCUT2D eigenvalue weighted by molar-refractivity contribution is 0.456. The van der Waals surface area contributed by atoms with E-state index in [2.05, 4.69) is 15.4 Å². The first-order chi connectivity index (χ1) is 8.58. The maximum Gasteiger partial charge on any atom is 0.224 e. The zero-order chi connectivity index (χ0) is 13.1. The molecule has 5 heteroatoms. The van der Waals surface area contributed by atoms with Gasteiger partial charge in [0, 0.05) is 6.07 Å². The lowest BCUT2D eigenvalue weighted by atomic mass is 10.1. The molecule has 3 N–H and O–H groups in total. The number of anilines is 1. The highest BCUT2D eigenvalue weighted by Crippen LogP contribution is 2.25. The fourth-order valence-electron chi connectivity index (χ4n) is 1.60. The molecule has 0 bridgehead atoms. The summed E-state index contributed by atoms with van der Waals surface area (Å²) >= 11 is 0. The van der Waals surface area contributed by atoms with Gasteiger partial charge in [0.1, 0.15) is 17.4 Å². The molecule has 0 spiro atoms. The van der Waals surface area contributed by atoms with Crippen molar-refractivity contribution in [3.05, 3.63) is 41.2 Å². The average Bonchev–Trinajstić information content (AvgIpc) is 2.33. The Bertz CT molecular complexity index is 569. The normalized spacial score (nSPS) is 10.2. The SMILES string of the molecule is Cc1ccc(C)c(Oc2cc(NN)nc(C)n2)c1. The largest absolute Gasteiger partial charge is 0.439 e. The Labute approximate surface area is 106 Å². The molecular weight excluding hydrogens is 228 g/mol. The molecule has 18 heavy (non-hydrogen) atoms. The maximum absolute atomic E-state index is 5.77. The zero-order valence-electron chi connectivity index (χ0n) is 10.7. The van der Waals surface area contributed by atoms with Crippen LogP contribution in [0.4, 0.5) is 5.82 Å². The number of hydrogen-bond donors (Lipinski definition) is 2. The number of hydrazine groups is 1. The molecule has 1 aromatic carbocycles. The fourth-order valence-corrected chi connectivity index (χ4v) is 1.60. The van der Waals surface area contributed by atoms with Crippen LogP contribution in [0.2, 0.25) is 0 Å². The number of nitrogens with one attached hydrogen (secondary N) is 1. The molecule has 0 fully saturated rings. The van der Waals surface area contributed by atoms with E-state index in [0.717, 1.165) is 16.9 Å². The minimum Gasteiger partial charge on any atom is -0.439 e. The lowest BCUT2D eigenvalue weighted by Crippen LogP contribution is -2.09. The van der Waals surface area contributed by atoms with Crippen molar-refractivity contribution in [1.82, 2.24) is 9.97 Å². The summed E-state index contributed by atoms with van der Waals surface area (Å²) < 4.78 is 5.77. The minimum atomic E-state index is 0.476. The summed E-state index contributed by atoms with van der Waals surface area (Å²) in [7, 11) is 0. The van der Waals surface area contributed by atoms with Crippen LogP contribution < -0.4 is 16.0 Å². The molecule has 0 aliphatic carbocycles. The van der Waals surface area contributed by atoms with Crippen molar-refractivity contribution in [3.8, 4) is 11.6 Å². The molecule has 0 atom stereocenters. The van der Waals surface area contributed by atoms with E-state index in [-0.39, 0.29) is 0 Å². The quantitative estimate of drug-likeness (QED) is 0.641. The molecule has 0 unspecified atom stereocenters. The molecule has 2 aromatic rings. The second kappa shape index (κ2) is 5.01. The Morgan fingerprint density at radius 3 is 2.61 bits per heavy atom. The maximum atomic E-state index is 5.77. The lowest BCUT2D eigenvalue weighted by Gasteiger charge is -2.10. The van der Waals surface area contributed by atoms with Crippen molar-refractivity contribution in [2.75, 3.05) is 5.43 Å². The Hall–Kier alpha value is -2.14. The summed E-state index contributed by atoms with van der Waals surface area (Å²) in [6.07, 6.45) is 0. The number of ether oxygens (including phenoxy) is 1. The first-order valence-electron chi connectivity index (χ1n) is 5.66. The third-order valence-electron chi connectivity index (χ3n) is 2.52. The van der Waals surface area contributed by atoms with Crippen LogP contribution in [0.15, 0.2) is 24.3 Å². The molecule has 94 valence electrons. The van der Waals surface area contributed by atoms with E-state index >= 15 is 0 Å². The van der Waals surface area contributed by atoms with Gasteiger partial charge in [-0.2, -0.15) is 4.98 Å². The van der Waals surface area contributed by atoms with Gasteiger partial charge in [-0.15, -0.1) is 0 Å². The predicted molar refractivity (Wildman–Crippen MR) is 70.6 cm³/mol. The van der Waals surface area contributed by atoms with Gasteiger partial charge >= 0.3 is 0 Å². The molecule has 0 saturated carbocycles. The minimum absolute atomic E-state index is 0.476. The van der Waals surface area contributed by atoms with Gasteiger partial charge in [0.25, 0.3) is 0 Å². The van der Waals surface area contributed by atoms with Crippen LogP contribution in [0.3, 0.4) is 0 Å². The number of rotatable bonds is 3. The van der Waals surface area contributed by atoms with Crippen LogP contribution in [0.5, 0.6) is 11.6 Å². The standard InChI is InChI=1S/C13H16N4O/c1-8-4-5-9(2)11(6-8)18-13-7-12(17-14)15-10(3)16-13/h4-7H,14H2,1-3H3,(H,15,16,17). The van der Waals surface area contributed by atoms with Crippen molar-refractivity contribution in [2.45, 2.75) is 20.8 Å². The summed E-state index contributed by atoms with van der Waals surface area (Å²) in [6, 6.07) is 7.69.